The Bertz CT molecular complexity index is 1040. The number of nitrogens with zero attached hydrogens (tertiary/aromatic N) is 1. The number of nitrogens with one attached hydrogen (secondary N) is 2. The van der Waals surface area contributed by atoms with Crippen molar-refractivity contribution in [3.8, 4) is 0 Å². The van der Waals surface area contributed by atoms with Gasteiger partial charge in [-0.1, -0.05) is 54.1 Å². The van der Waals surface area contributed by atoms with Crippen LogP contribution < -0.4 is 5.32 Å². The van der Waals surface area contributed by atoms with Crippen LogP contribution in [0.15, 0.2) is 67.1 Å². The summed E-state index contributed by atoms with van der Waals surface area (Å²) in [5, 5.41) is 12.6. The van der Waals surface area contributed by atoms with Crippen molar-refractivity contribution in [2.45, 2.75) is 25.3 Å². The molecular weight excluding hydrogens is 418 g/mol. The van der Waals surface area contributed by atoms with Gasteiger partial charge in [0.25, 0.3) is 0 Å². The summed E-state index contributed by atoms with van der Waals surface area (Å²) in [6.45, 7) is 0. The molecule has 160 valence electrons. The summed E-state index contributed by atoms with van der Waals surface area (Å²) in [7, 11) is 0. The molecule has 0 bridgehead atoms. The predicted octanol–water partition coefficient (Wildman–Crippen LogP) is 3.31. The summed E-state index contributed by atoms with van der Waals surface area (Å²) in [5.41, 5.74) is 1.87. The number of carboxylic acid groups (broad SMARTS) is 1. The second-order valence-corrected chi connectivity index (χ2v) is 7.64. The zero-order valence-corrected chi connectivity index (χ0v) is 17.4. The maximum absolute atomic E-state index is 13.0. The molecule has 3 rings (SSSR count). The minimum absolute atomic E-state index is 0.0569. The molecule has 8 heteroatoms. The number of amides is 1. The lowest BCUT2D eigenvalue weighted by Crippen LogP contribution is -2.45. The van der Waals surface area contributed by atoms with E-state index in [1.54, 1.807) is 24.3 Å². The van der Waals surface area contributed by atoms with Gasteiger partial charge < -0.3 is 15.4 Å². The van der Waals surface area contributed by atoms with Gasteiger partial charge in [-0.3, -0.25) is 9.59 Å². The minimum Gasteiger partial charge on any atom is -0.480 e. The largest absolute Gasteiger partial charge is 0.480 e. The number of aromatic nitrogens is 2. The molecular formula is C23H22ClN3O4. The molecule has 7 nitrogen and oxygen atoms in total. The normalized spacial score (nSPS) is 12.7. The number of Topliss-reactive ketones (excluding diaryl/α,β-unsaturated/α-hetero) is 1. The standard InChI is InChI=1S/C23H22ClN3O4/c24-18-8-4-7-16(10-18)21(28)11-17(9-15-5-2-1-3-6-15)22(29)27-20(23(30)31)12-19-13-25-14-26-19/h1-8,10,13-14,17,20H,9,11-12H2,(H,25,26)(H,27,29)(H,30,31)/t17-,20+/m1/s1. The topological polar surface area (TPSA) is 112 Å². The molecule has 2 atom stereocenters. The van der Waals surface area contributed by atoms with E-state index < -0.39 is 23.8 Å². The van der Waals surface area contributed by atoms with Crippen LogP contribution in [0.3, 0.4) is 0 Å². The zero-order valence-electron chi connectivity index (χ0n) is 16.6. The van der Waals surface area contributed by atoms with E-state index in [4.69, 9.17) is 11.6 Å². The highest BCUT2D eigenvalue weighted by Gasteiger charge is 2.28. The maximum Gasteiger partial charge on any atom is 0.326 e. The fraction of sp³-hybridized carbons (Fsp3) is 0.217. The van der Waals surface area contributed by atoms with Gasteiger partial charge in [0.15, 0.2) is 5.78 Å². The third kappa shape index (κ3) is 6.52. The van der Waals surface area contributed by atoms with Gasteiger partial charge in [0, 0.05) is 41.2 Å². The molecule has 1 amide bonds. The van der Waals surface area contributed by atoms with E-state index >= 15 is 0 Å². The van der Waals surface area contributed by atoms with Crippen LogP contribution in [-0.2, 0) is 22.4 Å². The SMILES string of the molecule is O=C(C[C@@H](Cc1ccccc1)C(=O)N[C@@H](Cc1cnc[nH]1)C(=O)O)c1cccc(Cl)c1. The Labute approximate surface area is 184 Å². The van der Waals surface area contributed by atoms with Crippen LogP contribution in [0.4, 0.5) is 0 Å². The van der Waals surface area contributed by atoms with Crippen LogP contribution in [0.25, 0.3) is 0 Å². The quantitative estimate of drug-likeness (QED) is 0.419. The molecule has 0 unspecified atom stereocenters. The molecule has 0 aliphatic heterocycles. The second-order valence-electron chi connectivity index (χ2n) is 7.20. The maximum atomic E-state index is 13.0. The van der Waals surface area contributed by atoms with Crippen molar-refractivity contribution in [3.05, 3.63) is 89.0 Å². The highest BCUT2D eigenvalue weighted by molar-refractivity contribution is 6.31. The highest BCUT2D eigenvalue weighted by Crippen LogP contribution is 2.19. The fourth-order valence-corrected chi connectivity index (χ4v) is 3.46. The van der Waals surface area contributed by atoms with Crippen LogP contribution in [0.2, 0.25) is 5.02 Å². The minimum atomic E-state index is -1.16. The molecule has 1 aromatic heterocycles. The number of carbonyl (C=O) groups is 3. The van der Waals surface area contributed by atoms with Gasteiger partial charge >= 0.3 is 5.97 Å². The van der Waals surface area contributed by atoms with Gasteiger partial charge in [-0.15, -0.1) is 0 Å². The molecule has 0 aliphatic rings. The summed E-state index contributed by atoms with van der Waals surface area (Å²) in [6.07, 6.45) is 3.23. The molecule has 0 aliphatic carbocycles. The number of imidazole rings is 1. The monoisotopic (exact) mass is 439 g/mol. The average molecular weight is 440 g/mol. The van der Waals surface area contributed by atoms with E-state index in [1.165, 1.54) is 12.5 Å². The summed E-state index contributed by atoms with van der Waals surface area (Å²) in [4.78, 5) is 44.2. The van der Waals surface area contributed by atoms with Crippen molar-refractivity contribution in [2.75, 3.05) is 0 Å². The summed E-state index contributed by atoms with van der Waals surface area (Å²) < 4.78 is 0. The number of aliphatic carboxylic acids is 1. The fourth-order valence-electron chi connectivity index (χ4n) is 3.27. The second kappa shape index (κ2) is 10.5. The number of carbonyl (C=O) groups excluding carboxylic acids is 2. The number of rotatable bonds is 10. The summed E-state index contributed by atoms with van der Waals surface area (Å²) >= 11 is 5.98. The third-order valence-corrected chi connectivity index (χ3v) is 5.10. The zero-order chi connectivity index (χ0) is 22.2. The molecule has 31 heavy (non-hydrogen) atoms. The lowest BCUT2D eigenvalue weighted by molar-refractivity contribution is -0.142. The summed E-state index contributed by atoms with van der Waals surface area (Å²) in [6, 6.07) is 14.7. The van der Waals surface area contributed by atoms with Crippen molar-refractivity contribution in [3.63, 3.8) is 0 Å². The first-order valence-electron chi connectivity index (χ1n) is 9.75. The Kier molecular flexibility index (Phi) is 7.56. The molecule has 3 aromatic rings. The molecule has 3 N–H and O–H groups in total. The van der Waals surface area contributed by atoms with Crippen molar-refractivity contribution < 1.29 is 19.5 Å². The first-order chi connectivity index (χ1) is 14.9. The van der Waals surface area contributed by atoms with Crippen LogP contribution in [0, 0.1) is 5.92 Å². The van der Waals surface area contributed by atoms with Crippen LogP contribution in [0.1, 0.15) is 28.0 Å². The Hall–Kier alpha value is -3.45. The number of benzene rings is 2. The molecule has 2 aromatic carbocycles. The van der Waals surface area contributed by atoms with Gasteiger partial charge in [0.2, 0.25) is 5.91 Å². The first kappa shape index (κ1) is 22.2. The number of halogens is 1. The Morgan fingerprint density at radius 3 is 2.48 bits per heavy atom. The first-order valence-corrected chi connectivity index (χ1v) is 10.1. The van der Waals surface area contributed by atoms with Gasteiger partial charge in [0.1, 0.15) is 6.04 Å². The van der Waals surface area contributed by atoms with E-state index in [2.05, 4.69) is 15.3 Å². The Balaban J connectivity index is 1.77. The number of ketones is 1. The number of carboxylic acids is 1. The lowest BCUT2D eigenvalue weighted by Gasteiger charge is -2.20. The van der Waals surface area contributed by atoms with Gasteiger partial charge in [-0.25, -0.2) is 9.78 Å². The molecule has 0 saturated carbocycles. The number of H-pyrrole nitrogens is 1. The van der Waals surface area contributed by atoms with E-state index in [9.17, 15) is 19.5 Å². The lowest BCUT2D eigenvalue weighted by atomic mass is 9.91. The van der Waals surface area contributed by atoms with Gasteiger partial charge in [-0.2, -0.15) is 0 Å². The van der Waals surface area contributed by atoms with Gasteiger partial charge in [-0.05, 0) is 24.1 Å². The number of hydrogen-bond acceptors (Lipinski definition) is 4. The predicted molar refractivity (Wildman–Crippen MR) is 116 cm³/mol. The average Bonchev–Trinajstić information content (AvgIpc) is 3.26. The van der Waals surface area contributed by atoms with Crippen molar-refractivity contribution >= 4 is 29.3 Å². The van der Waals surface area contributed by atoms with Crippen LogP contribution in [-0.4, -0.2) is 38.8 Å². The summed E-state index contributed by atoms with van der Waals surface area (Å²) in [5.74, 6) is -2.63. The Morgan fingerprint density at radius 2 is 1.84 bits per heavy atom. The van der Waals surface area contributed by atoms with Gasteiger partial charge in [0.05, 0.1) is 6.33 Å². The van der Waals surface area contributed by atoms with Crippen molar-refractivity contribution in [2.24, 2.45) is 5.92 Å². The van der Waals surface area contributed by atoms with Crippen molar-refractivity contribution in [1.82, 2.24) is 15.3 Å². The molecule has 0 saturated heterocycles. The molecule has 0 spiro atoms. The smallest absolute Gasteiger partial charge is 0.326 e. The molecule has 0 fully saturated rings. The van der Waals surface area contributed by atoms with E-state index in [0.717, 1.165) is 5.56 Å². The highest BCUT2D eigenvalue weighted by atomic mass is 35.5. The molecule has 0 radical (unpaired) electrons. The van der Waals surface area contributed by atoms with E-state index in [0.29, 0.717) is 22.7 Å². The van der Waals surface area contributed by atoms with Crippen LogP contribution >= 0.6 is 11.6 Å². The number of aromatic amines is 1. The Morgan fingerprint density at radius 1 is 1.06 bits per heavy atom. The third-order valence-electron chi connectivity index (χ3n) is 4.87. The van der Waals surface area contributed by atoms with E-state index in [1.807, 2.05) is 30.3 Å². The van der Waals surface area contributed by atoms with Crippen molar-refractivity contribution in [1.29, 1.82) is 0 Å². The number of hydrogen-bond donors (Lipinski definition) is 3. The molecule has 1 heterocycles. The van der Waals surface area contributed by atoms with E-state index in [-0.39, 0.29) is 18.6 Å². The van der Waals surface area contributed by atoms with Crippen LogP contribution in [0.5, 0.6) is 0 Å².